The van der Waals surface area contributed by atoms with E-state index in [-0.39, 0.29) is 17.3 Å². The normalized spacial score (nSPS) is 12.8. The third-order valence-electron chi connectivity index (χ3n) is 2.20. The molecule has 0 spiro atoms. The second kappa shape index (κ2) is 3.60. The first-order valence-corrected chi connectivity index (χ1v) is 4.38. The highest BCUT2D eigenvalue weighted by Crippen LogP contribution is 2.07. The molecule has 0 bridgehead atoms. The SMILES string of the molecule is CCC(C)n1c(C)cc(=O)[nH]c1=O. The molecule has 4 heteroatoms. The lowest BCUT2D eigenvalue weighted by atomic mass is 10.2. The summed E-state index contributed by atoms with van der Waals surface area (Å²) >= 11 is 0. The summed E-state index contributed by atoms with van der Waals surface area (Å²) in [5.74, 6) is 0. The van der Waals surface area contributed by atoms with Crippen molar-refractivity contribution in [1.29, 1.82) is 0 Å². The molecule has 1 aromatic heterocycles. The maximum Gasteiger partial charge on any atom is 0.328 e. The fraction of sp³-hybridized carbons (Fsp3) is 0.556. The van der Waals surface area contributed by atoms with Crippen LogP contribution in [0.1, 0.15) is 32.0 Å². The molecular weight excluding hydrogens is 168 g/mol. The first-order chi connectivity index (χ1) is 6.06. The summed E-state index contributed by atoms with van der Waals surface area (Å²) in [6.45, 7) is 5.72. The smallest absolute Gasteiger partial charge is 0.295 e. The topological polar surface area (TPSA) is 54.9 Å². The molecule has 1 atom stereocenters. The minimum Gasteiger partial charge on any atom is -0.295 e. The Bertz CT molecular complexity index is 403. The van der Waals surface area contributed by atoms with Crippen molar-refractivity contribution in [3.63, 3.8) is 0 Å². The first kappa shape index (κ1) is 9.77. The van der Waals surface area contributed by atoms with Crippen LogP contribution >= 0.6 is 0 Å². The second-order valence-corrected chi connectivity index (χ2v) is 3.21. The Morgan fingerprint density at radius 3 is 2.62 bits per heavy atom. The highest BCUT2D eigenvalue weighted by atomic mass is 16.2. The van der Waals surface area contributed by atoms with E-state index >= 15 is 0 Å². The quantitative estimate of drug-likeness (QED) is 0.736. The molecule has 0 saturated carbocycles. The highest BCUT2D eigenvalue weighted by molar-refractivity contribution is 4.99. The number of aromatic nitrogens is 2. The first-order valence-electron chi connectivity index (χ1n) is 4.38. The molecule has 1 unspecified atom stereocenters. The van der Waals surface area contributed by atoms with Gasteiger partial charge in [-0.15, -0.1) is 0 Å². The molecule has 0 radical (unpaired) electrons. The minimum absolute atomic E-state index is 0.129. The monoisotopic (exact) mass is 182 g/mol. The fourth-order valence-corrected chi connectivity index (χ4v) is 1.35. The predicted molar refractivity (Wildman–Crippen MR) is 51.1 cm³/mol. The van der Waals surface area contributed by atoms with Crippen molar-refractivity contribution >= 4 is 0 Å². The van der Waals surface area contributed by atoms with E-state index in [0.29, 0.717) is 5.69 Å². The van der Waals surface area contributed by atoms with Gasteiger partial charge in [-0.05, 0) is 20.3 Å². The Morgan fingerprint density at radius 1 is 1.54 bits per heavy atom. The number of aryl methyl sites for hydroxylation is 1. The van der Waals surface area contributed by atoms with Gasteiger partial charge < -0.3 is 0 Å². The summed E-state index contributed by atoms with van der Waals surface area (Å²) in [5.41, 5.74) is 0.0597. The third kappa shape index (κ3) is 1.88. The van der Waals surface area contributed by atoms with Gasteiger partial charge in [0.15, 0.2) is 0 Å². The molecule has 13 heavy (non-hydrogen) atoms. The van der Waals surface area contributed by atoms with Gasteiger partial charge in [-0.25, -0.2) is 4.79 Å². The lowest BCUT2D eigenvalue weighted by molar-refractivity contribution is 0.490. The molecule has 1 rings (SSSR count). The van der Waals surface area contributed by atoms with Crippen molar-refractivity contribution in [1.82, 2.24) is 9.55 Å². The van der Waals surface area contributed by atoms with Crippen LogP contribution in [-0.4, -0.2) is 9.55 Å². The van der Waals surface area contributed by atoms with Crippen molar-refractivity contribution in [2.24, 2.45) is 0 Å². The molecule has 0 aliphatic heterocycles. The van der Waals surface area contributed by atoms with Gasteiger partial charge in [-0.3, -0.25) is 14.3 Å². The van der Waals surface area contributed by atoms with Gasteiger partial charge in [0.2, 0.25) is 0 Å². The van der Waals surface area contributed by atoms with Crippen LogP contribution in [0.25, 0.3) is 0 Å². The summed E-state index contributed by atoms with van der Waals surface area (Å²) in [6.07, 6.45) is 0.868. The molecule has 0 aliphatic carbocycles. The zero-order chi connectivity index (χ0) is 10.0. The van der Waals surface area contributed by atoms with E-state index in [1.54, 1.807) is 11.5 Å². The van der Waals surface area contributed by atoms with Gasteiger partial charge in [0.25, 0.3) is 5.56 Å². The van der Waals surface area contributed by atoms with Gasteiger partial charge in [0, 0.05) is 17.8 Å². The number of hydrogen-bond acceptors (Lipinski definition) is 2. The van der Waals surface area contributed by atoms with Crippen molar-refractivity contribution in [2.45, 2.75) is 33.2 Å². The summed E-state index contributed by atoms with van der Waals surface area (Å²) < 4.78 is 1.60. The van der Waals surface area contributed by atoms with Crippen LogP contribution in [0.5, 0.6) is 0 Å². The Hall–Kier alpha value is -1.32. The molecule has 1 heterocycles. The molecule has 72 valence electrons. The standard InChI is InChI=1S/C9H14N2O2/c1-4-6(2)11-7(3)5-8(12)10-9(11)13/h5-6H,4H2,1-3H3,(H,10,12,13). The molecule has 1 N–H and O–H groups in total. The zero-order valence-corrected chi connectivity index (χ0v) is 8.13. The summed E-state index contributed by atoms with van der Waals surface area (Å²) in [4.78, 5) is 24.5. The van der Waals surface area contributed by atoms with Crippen LogP contribution in [0.2, 0.25) is 0 Å². The van der Waals surface area contributed by atoms with E-state index in [9.17, 15) is 9.59 Å². The Morgan fingerprint density at radius 2 is 2.15 bits per heavy atom. The fourth-order valence-electron chi connectivity index (χ4n) is 1.35. The minimum atomic E-state index is -0.331. The molecule has 1 aromatic rings. The van der Waals surface area contributed by atoms with Gasteiger partial charge in [0.05, 0.1) is 0 Å². The van der Waals surface area contributed by atoms with Crippen LogP contribution in [0.4, 0.5) is 0 Å². The predicted octanol–water partition coefficient (Wildman–Crippen LogP) is 0.816. The Labute approximate surface area is 76.2 Å². The number of nitrogens with one attached hydrogen (secondary N) is 1. The number of hydrogen-bond donors (Lipinski definition) is 1. The largest absolute Gasteiger partial charge is 0.328 e. The summed E-state index contributed by atoms with van der Waals surface area (Å²) in [6, 6.07) is 1.57. The van der Waals surface area contributed by atoms with Crippen molar-refractivity contribution < 1.29 is 0 Å². The zero-order valence-electron chi connectivity index (χ0n) is 8.13. The molecule has 4 nitrogen and oxygen atoms in total. The maximum absolute atomic E-state index is 11.4. The Balaban J connectivity index is 3.37. The number of rotatable bonds is 2. The lowest BCUT2D eigenvalue weighted by Gasteiger charge is -2.14. The van der Waals surface area contributed by atoms with Gasteiger partial charge in [-0.2, -0.15) is 0 Å². The summed E-state index contributed by atoms with van der Waals surface area (Å²) in [5, 5.41) is 0. The van der Waals surface area contributed by atoms with Crippen molar-refractivity contribution in [3.8, 4) is 0 Å². The van der Waals surface area contributed by atoms with Crippen molar-refractivity contribution in [3.05, 3.63) is 32.6 Å². The van der Waals surface area contributed by atoms with Gasteiger partial charge in [0.1, 0.15) is 0 Å². The third-order valence-corrected chi connectivity index (χ3v) is 2.20. The van der Waals surface area contributed by atoms with Crippen LogP contribution < -0.4 is 11.2 Å². The van der Waals surface area contributed by atoms with Gasteiger partial charge in [-0.1, -0.05) is 6.92 Å². The molecule has 0 aromatic carbocycles. The molecule has 0 saturated heterocycles. The Kier molecular flexibility index (Phi) is 2.70. The van der Waals surface area contributed by atoms with E-state index in [0.717, 1.165) is 6.42 Å². The average molecular weight is 182 g/mol. The van der Waals surface area contributed by atoms with E-state index in [1.807, 2.05) is 13.8 Å². The van der Waals surface area contributed by atoms with Crippen molar-refractivity contribution in [2.75, 3.05) is 0 Å². The van der Waals surface area contributed by atoms with E-state index in [1.165, 1.54) is 6.07 Å². The van der Waals surface area contributed by atoms with Crippen LogP contribution in [0, 0.1) is 6.92 Å². The molecule has 0 amide bonds. The van der Waals surface area contributed by atoms with E-state index in [2.05, 4.69) is 4.98 Å². The number of H-pyrrole nitrogens is 1. The average Bonchev–Trinajstić information content (AvgIpc) is 2.02. The highest BCUT2D eigenvalue weighted by Gasteiger charge is 2.07. The molecule has 0 fully saturated rings. The lowest BCUT2D eigenvalue weighted by Crippen LogP contribution is -2.32. The van der Waals surface area contributed by atoms with Crippen LogP contribution in [-0.2, 0) is 0 Å². The molecule has 0 aliphatic rings. The summed E-state index contributed by atoms with van der Waals surface area (Å²) in [7, 11) is 0. The number of nitrogens with zero attached hydrogens (tertiary/aromatic N) is 1. The van der Waals surface area contributed by atoms with Crippen LogP contribution in [0.15, 0.2) is 15.7 Å². The maximum atomic E-state index is 11.4. The van der Waals surface area contributed by atoms with E-state index < -0.39 is 0 Å². The number of aromatic amines is 1. The van der Waals surface area contributed by atoms with E-state index in [4.69, 9.17) is 0 Å². The second-order valence-electron chi connectivity index (χ2n) is 3.21. The molecular formula is C9H14N2O2. The van der Waals surface area contributed by atoms with Crippen LogP contribution in [0.3, 0.4) is 0 Å². The van der Waals surface area contributed by atoms with Gasteiger partial charge >= 0.3 is 5.69 Å².